The standard InChI is InChI=1S/C18H24N4O3/c1-13(2)22-12-15(10-16(22)23)18(25)21-8-6-20(7-9-21)17(24)14-4-3-5-19-11-14/h3-5,11,13,15H,6-10,12H2,1-2H3. The SMILES string of the molecule is CC(C)N1CC(C(=O)N2CCN(C(=O)c3cccnc3)CC2)CC1=O. The Hall–Kier alpha value is -2.44. The van der Waals surface area contributed by atoms with Crippen LogP contribution in [0.25, 0.3) is 0 Å². The van der Waals surface area contributed by atoms with E-state index >= 15 is 0 Å². The highest BCUT2D eigenvalue weighted by Crippen LogP contribution is 2.23. The fourth-order valence-corrected chi connectivity index (χ4v) is 3.46. The normalized spacial score (nSPS) is 21.2. The monoisotopic (exact) mass is 344 g/mol. The Kier molecular flexibility index (Phi) is 5.01. The Morgan fingerprint density at radius 2 is 1.84 bits per heavy atom. The summed E-state index contributed by atoms with van der Waals surface area (Å²) in [6.45, 7) is 6.47. The molecule has 2 aliphatic heterocycles. The second-order valence-corrected chi connectivity index (χ2v) is 6.90. The van der Waals surface area contributed by atoms with E-state index in [4.69, 9.17) is 0 Å². The van der Waals surface area contributed by atoms with Crippen LogP contribution in [-0.4, -0.2) is 76.2 Å². The Balaban J connectivity index is 1.55. The van der Waals surface area contributed by atoms with Gasteiger partial charge in [0.15, 0.2) is 0 Å². The number of amides is 3. The van der Waals surface area contributed by atoms with Gasteiger partial charge in [-0.25, -0.2) is 0 Å². The van der Waals surface area contributed by atoms with Crippen molar-refractivity contribution in [2.75, 3.05) is 32.7 Å². The maximum absolute atomic E-state index is 12.7. The molecular weight excluding hydrogens is 320 g/mol. The van der Waals surface area contributed by atoms with Crippen molar-refractivity contribution >= 4 is 17.7 Å². The summed E-state index contributed by atoms with van der Waals surface area (Å²) < 4.78 is 0. The largest absolute Gasteiger partial charge is 0.339 e. The van der Waals surface area contributed by atoms with Gasteiger partial charge < -0.3 is 14.7 Å². The van der Waals surface area contributed by atoms with Crippen LogP contribution in [0.3, 0.4) is 0 Å². The Morgan fingerprint density at radius 1 is 1.16 bits per heavy atom. The van der Waals surface area contributed by atoms with Gasteiger partial charge in [0.25, 0.3) is 5.91 Å². The molecule has 0 aliphatic carbocycles. The van der Waals surface area contributed by atoms with Crippen molar-refractivity contribution in [1.29, 1.82) is 0 Å². The van der Waals surface area contributed by atoms with Gasteiger partial charge in [0.2, 0.25) is 11.8 Å². The maximum Gasteiger partial charge on any atom is 0.255 e. The molecule has 1 atom stereocenters. The molecule has 0 spiro atoms. The summed E-state index contributed by atoms with van der Waals surface area (Å²) in [6.07, 6.45) is 3.49. The van der Waals surface area contributed by atoms with E-state index in [1.807, 2.05) is 13.8 Å². The van der Waals surface area contributed by atoms with Gasteiger partial charge >= 0.3 is 0 Å². The highest BCUT2D eigenvalue weighted by molar-refractivity contribution is 5.94. The maximum atomic E-state index is 12.7. The minimum atomic E-state index is -0.254. The van der Waals surface area contributed by atoms with Gasteiger partial charge in [0, 0.05) is 57.6 Å². The lowest BCUT2D eigenvalue weighted by Gasteiger charge is -2.36. The Bertz CT molecular complexity index is 654. The van der Waals surface area contributed by atoms with E-state index in [0.717, 1.165) is 0 Å². The average molecular weight is 344 g/mol. The number of hydrogen-bond donors (Lipinski definition) is 0. The second kappa shape index (κ2) is 7.21. The van der Waals surface area contributed by atoms with Crippen molar-refractivity contribution in [2.45, 2.75) is 26.3 Å². The van der Waals surface area contributed by atoms with E-state index in [2.05, 4.69) is 4.98 Å². The quantitative estimate of drug-likeness (QED) is 0.806. The highest BCUT2D eigenvalue weighted by Gasteiger charge is 2.38. The van der Waals surface area contributed by atoms with Crippen molar-refractivity contribution in [2.24, 2.45) is 5.92 Å². The fraction of sp³-hybridized carbons (Fsp3) is 0.556. The summed E-state index contributed by atoms with van der Waals surface area (Å²) in [5, 5.41) is 0. The van der Waals surface area contributed by atoms with Gasteiger partial charge in [0.1, 0.15) is 0 Å². The van der Waals surface area contributed by atoms with E-state index in [-0.39, 0.29) is 29.7 Å². The third-order valence-corrected chi connectivity index (χ3v) is 4.92. The minimum absolute atomic E-state index is 0.0324. The van der Waals surface area contributed by atoms with Crippen LogP contribution in [0.4, 0.5) is 0 Å². The predicted molar refractivity (Wildman–Crippen MR) is 91.7 cm³/mol. The van der Waals surface area contributed by atoms with Crippen LogP contribution in [-0.2, 0) is 9.59 Å². The molecule has 3 heterocycles. The number of hydrogen-bond acceptors (Lipinski definition) is 4. The van der Waals surface area contributed by atoms with Crippen LogP contribution < -0.4 is 0 Å². The van der Waals surface area contributed by atoms with Crippen molar-refractivity contribution in [3.8, 4) is 0 Å². The average Bonchev–Trinajstić information content (AvgIpc) is 3.03. The first-order chi connectivity index (χ1) is 12.0. The number of aromatic nitrogens is 1. The molecule has 3 amide bonds. The summed E-state index contributed by atoms with van der Waals surface area (Å²) in [4.78, 5) is 46.4. The lowest BCUT2D eigenvalue weighted by atomic mass is 10.1. The Labute approximate surface area is 147 Å². The third kappa shape index (κ3) is 3.65. The van der Waals surface area contributed by atoms with E-state index in [1.165, 1.54) is 0 Å². The van der Waals surface area contributed by atoms with Crippen molar-refractivity contribution in [1.82, 2.24) is 19.7 Å². The van der Waals surface area contributed by atoms with E-state index in [1.54, 1.807) is 39.2 Å². The van der Waals surface area contributed by atoms with Crippen molar-refractivity contribution in [3.05, 3.63) is 30.1 Å². The molecule has 3 rings (SSSR count). The topological polar surface area (TPSA) is 73.8 Å². The molecule has 0 bridgehead atoms. The minimum Gasteiger partial charge on any atom is -0.339 e. The zero-order valence-corrected chi connectivity index (χ0v) is 14.7. The summed E-state index contributed by atoms with van der Waals surface area (Å²) in [5.41, 5.74) is 0.566. The molecule has 134 valence electrons. The highest BCUT2D eigenvalue weighted by atomic mass is 16.2. The van der Waals surface area contributed by atoms with Gasteiger partial charge in [-0.15, -0.1) is 0 Å². The number of carbonyl (C=O) groups is 3. The fourth-order valence-electron chi connectivity index (χ4n) is 3.46. The second-order valence-electron chi connectivity index (χ2n) is 6.90. The molecule has 2 saturated heterocycles. The van der Waals surface area contributed by atoms with Crippen LogP contribution >= 0.6 is 0 Å². The van der Waals surface area contributed by atoms with Gasteiger partial charge in [-0.2, -0.15) is 0 Å². The lowest BCUT2D eigenvalue weighted by Crippen LogP contribution is -2.52. The first-order valence-corrected chi connectivity index (χ1v) is 8.75. The lowest BCUT2D eigenvalue weighted by molar-refractivity contribution is -0.137. The van der Waals surface area contributed by atoms with Crippen LogP contribution in [0.2, 0.25) is 0 Å². The van der Waals surface area contributed by atoms with Crippen LogP contribution in [0, 0.1) is 5.92 Å². The predicted octanol–water partition coefficient (Wildman–Crippen LogP) is 0.623. The number of pyridine rings is 1. The first-order valence-electron chi connectivity index (χ1n) is 8.75. The molecule has 25 heavy (non-hydrogen) atoms. The molecule has 1 unspecified atom stereocenters. The Morgan fingerprint density at radius 3 is 2.40 bits per heavy atom. The summed E-state index contributed by atoms with van der Waals surface area (Å²) >= 11 is 0. The summed E-state index contributed by atoms with van der Waals surface area (Å²) in [7, 11) is 0. The van der Waals surface area contributed by atoms with Crippen LogP contribution in [0.5, 0.6) is 0 Å². The summed E-state index contributed by atoms with van der Waals surface area (Å²) in [5.74, 6) is -0.221. The van der Waals surface area contributed by atoms with E-state index in [0.29, 0.717) is 44.7 Å². The molecule has 2 aliphatic rings. The summed E-state index contributed by atoms with van der Waals surface area (Å²) in [6, 6.07) is 3.61. The molecule has 0 N–H and O–H groups in total. The molecule has 1 aromatic rings. The van der Waals surface area contributed by atoms with Gasteiger partial charge in [-0.1, -0.05) is 0 Å². The molecular formula is C18H24N4O3. The number of rotatable bonds is 3. The first kappa shape index (κ1) is 17.4. The van der Waals surface area contributed by atoms with E-state index < -0.39 is 0 Å². The molecule has 0 saturated carbocycles. The third-order valence-electron chi connectivity index (χ3n) is 4.92. The number of nitrogens with zero attached hydrogens (tertiary/aromatic N) is 4. The molecule has 7 heteroatoms. The van der Waals surface area contributed by atoms with Gasteiger partial charge in [-0.05, 0) is 26.0 Å². The molecule has 0 aromatic carbocycles. The van der Waals surface area contributed by atoms with Crippen LogP contribution in [0.15, 0.2) is 24.5 Å². The zero-order valence-electron chi connectivity index (χ0n) is 14.7. The number of likely N-dealkylation sites (tertiary alicyclic amines) is 1. The molecule has 2 fully saturated rings. The smallest absolute Gasteiger partial charge is 0.255 e. The van der Waals surface area contributed by atoms with Gasteiger partial charge in [-0.3, -0.25) is 19.4 Å². The number of piperazine rings is 1. The molecule has 7 nitrogen and oxygen atoms in total. The zero-order chi connectivity index (χ0) is 18.0. The van der Waals surface area contributed by atoms with Crippen molar-refractivity contribution < 1.29 is 14.4 Å². The molecule has 1 aromatic heterocycles. The van der Waals surface area contributed by atoms with Gasteiger partial charge in [0.05, 0.1) is 11.5 Å². The van der Waals surface area contributed by atoms with Crippen molar-refractivity contribution in [3.63, 3.8) is 0 Å². The molecule has 0 radical (unpaired) electrons. The van der Waals surface area contributed by atoms with Crippen LogP contribution in [0.1, 0.15) is 30.6 Å². The number of carbonyl (C=O) groups excluding carboxylic acids is 3. The van der Waals surface area contributed by atoms with E-state index in [9.17, 15) is 14.4 Å².